The SMILES string of the molecule is C=CCn1c(Cc2cccs2)nnc1SCC(=O)Nc1cccc(Cl)c1. The van der Waals surface area contributed by atoms with Crippen molar-refractivity contribution in [2.75, 3.05) is 11.1 Å². The van der Waals surface area contributed by atoms with Gasteiger partial charge in [0.25, 0.3) is 0 Å². The number of aromatic nitrogens is 3. The Morgan fingerprint density at radius 2 is 2.23 bits per heavy atom. The lowest BCUT2D eigenvalue weighted by atomic mass is 10.3. The highest BCUT2D eigenvalue weighted by atomic mass is 35.5. The Bertz CT molecular complexity index is 892. The van der Waals surface area contributed by atoms with Crippen LogP contribution in [0.2, 0.25) is 5.02 Å². The summed E-state index contributed by atoms with van der Waals surface area (Å²) >= 11 is 8.97. The lowest BCUT2D eigenvalue weighted by molar-refractivity contribution is -0.113. The van der Waals surface area contributed by atoms with Gasteiger partial charge in [0.2, 0.25) is 5.91 Å². The number of nitrogens with one attached hydrogen (secondary N) is 1. The number of hydrogen-bond donors (Lipinski definition) is 1. The number of thiophene rings is 1. The van der Waals surface area contributed by atoms with Crippen LogP contribution in [0.1, 0.15) is 10.7 Å². The van der Waals surface area contributed by atoms with Crippen molar-refractivity contribution < 1.29 is 4.79 Å². The van der Waals surface area contributed by atoms with Crippen molar-refractivity contribution >= 4 is 46.3 Å². The molecule has 26 heavy (non-hydrogen) atoms. The van der Waals surface area contributed by atoms with Gasteiger partial charge in [0.15, 0.2) is 5.16 Å². The largest absolute Gasteiger partial charge is 0.325 e. The number of rotatable bonds is 8. The Balaban J connectivity index is 1.64. The summed E-state index contributed by atoms with van der Waals surface area (Å²) in [6.07, 6.45) is 2.52. The van der Waals surface area contributed by atoms with Crippen molar-refractivity contribution in [3.8, 4) is 0 Å². The molecule has 0 fully saturated rings. The molecular formula is C18H17ClN4OS2. The van der Waals surface area contributed by atoms with Gasteiger partial charge in [0, 0.05) is 28.6 Å². The van der Waals surface area contributed by atoms with Crippen molar-refractivity contribution in [3.05, 3.63) is 70.2 Å². The molecule has 1 N–H and O–H groups in total. The molecule has 0 bridgehead atoms. The monoisotopic (exact) mass is 404 g/mol. The van der Waals surface area contributed by atoms with Gasteiger partial charge >= 0.3 is 0 Å². The number of benzene rings is 1. The van der Waals surface area contributed by atoms with Crippen LogP contribution in [0.3, 0.4) is 0 Å². The maximum Gasteiger partial charge on any atom is 0.234 e. The van der Waals surface area contributed by atoms with Crippen LogP contribution < -0.4 is 5.32 Å². The molecule has 0 radical (unpaired) electrons. The molecule has 1 amide bonds. The first kappa shape index (κ1) is 18.7. The topological polar surface area (TPSA) is 59.8 Å². The molecule has 0 saturated heterocycles. The quantitative estimate of drug-likeness (QED) is 0.443. The van der Waals surface area contributed by atoms with Crippen molar-refractivity contribution in [2.45, 2.75) is 18.1 Å². The van der Waals surface area contributed by atoms with Crippen LogP contribution in [-0.2, 0) is 17.8 Å². The summed E-state index contributed by atoms with van der Waals surface area (Å²) in [5.41, 5.74) is 0.675. The molecule has 0 unspecified atom stereocenters. The maximum absolute atomic E-state index is 12.2. The van der Waals surface area contributed by atoms with Crippen LogP contribution >= 0.6 is 34.7 Å². The van der Waals surface area contributed by atoms with Crippen molar-refractivity contribution in [1.82, 2.24) is 14.8 Å². The third kappa shape index (κ3) is 4.97. The molecule has 134 valence electrons. The van der Waals surface area contributed by atoms with E-state index in [1.54, 1.807) is 41.7 Å². The third-order valence-electron chi connectivity index (χ3n) is 3.46. The van der Waals surface area contributed by atoms with Gasteiger partial charge in [-0.15, -0.1) is 28.1 Å². The van der Waals surface area contributed by atoms with Gasteiger partial charge in [-0.2, -0.15) is 0 Å². The second kappa shape index (κ2) is 9.02. The molecule has 8 heteroatoms. The number of carbonyl (C=O) groups is 1. The van der Waals surface area contributed by atoms with Crippen molar-refractivity contribution in [2.24, 2.45) is 0 Å². The van der Waals surface area contributed by atoms with Crippen LogP contribution in [0.25, 0.3) is 0 Å². The normalized spacial score (nSPS) is 10.7. The van der Waals surface area contributed by atoms with Crippen LogP contribution in [0.15, 0.2) is 59.6 Å². The summed E-state index contributed by atoms with van der Waals surface area (Å²) in [4.78, 5) is 13.4. The average molecular weight is 405 g/mol. The number of allylic oxidation sites excluding steroid dienone is 1. The average Bonchev–Trinajstić information content (AvgIpc) is 3.25. The van der Waals surface area contributed by atoms with Crippen LogP contribution in [0.4, 0.5) is 5.69 Å². The lowest BCUT2D eigenvalue weighted by Gasteiger charge is -2.08. The minimum Gasteiger partial charge on any atom is -0.325 e. The van der Waals surface area contributed by atoms with Gasteiger partial charge in [-0.3, -0.25) is 4.79 Å². The smallest absolute Gasteiger partial charge is 0.234 e. The third-order valence-corrected chi connectivity index (χ3v) is 5.54. The van der Waals surface area contributed by atoms with Gasteiger partial charge in [-0.1, -0.05) is 41.6 Å². The highest BCUT2D eigenvalue weighted by molar-refractivity contribution is 7.99. The fraction of sp³-hybridized carbons (Fsp3) is 0.167. The molecule has 0 aliphatic rings. The number of amides is 1. The molecule has 3 aromatic rings. The summed E-state index contributed by atoms with van der Waals surface area (Å²) in [6, 6.07) is 11.2. The van der Waals surface area contributed by atoms with Gasteiger partial charge in [0.1, 0.15) is 5.82 Å². The first-order chi connectivity index (χ1) is 12.7. The molecule has 1 aromatic carbocycles. The minimum atomic E-state index is -0.120. The molecular weight excluding hydrogens is 388 g/mol. The molecule has 5 nitrogen and oxygen atoms in total. The second-order valence-electron chi connectivity index (χ2n) is 5.40. The first-order valence-corrected chi connectivity index (χ1v) is 10.1. The van der Waals surface area contributed by atoms with E-state index < -0.39 is 0 Å². The van der Waals surface area contributed by atoms with E-state index in [4.69, 9.17) is 11.6 Å². The van der Waals surface area contributed by atoms with E-state index >= 15 is 0 Å². The van der Waals surface area contributed by atoms with Gasteiger partial charge in [-0.05, 0) is 29.6 Å². The van der Waals surface area contributed by atoms with Crippen molar-refractivity contribution in [1.29, 1.82) is 0 Å². The molecule has 2 aromatic heterocycles. The fourth-order valence-corrected chi connectivity index (χ4v) is 3.99. The summed E-state index contributed by atoms with van der Waals surface area (Å²) in [7, 11) is 0. The number of anilines is 1. The van der Waals surface area contributed by atoms with E-state index in [9.17, 15) is 4.79 Å². The molecule has 2 heterocycles. The number of nitrogens with zero attached hydrogens (tertiary/aromatic N) is 3. The second-order valence-corrected chi connectivity index (χ2v) is 7.81. The fourth-order valence-electron chi connectivity index (χ4n) is 2.33. The number of thioether (sulfide) groups is 1. The van der Waals surface area contributed by atoms with Crippen molar-refractivity contribution in [3.63, 3.8) is 0 Å². The lowest BCUT2D eigenvalue weighted by Crippen LogP contribution is -2.14. The van der Waals surface area contributed by atoms with E-state index in [0.29, 0.717) is 28.8 Å². The predicted octanol–water partition coefficient (Wildman–Crippen LogP) is 4.50. The number of carbonyl (C=O) groups excluding carboxylic acids is 1. The summed E-state index contributed by atoms with van der Waals surface area (Å²) in [6.45, 7) is 4.40. The van der Waals surface area contributed by atoms with Crippen LogP contribution in [-0.4, -0.2) is 26.4 Å². The Hall–Kier alpha value is -2.09. The van der Waals surface area contributed by atoms with Crippen LogP contribution in [0.5, 0.6) is 0 Å². The van der Waals surface area contributed by atoms with E-state index in [0.717, 1.165) is 5.82 Å². The van der Waals surface area contributed by atoms with Gasteiger partial charge in [-0.25, -0.2) is 0 Å². The van der Waals surface area contributed by atoms with Crippen LogP contribution in [0, 0.1) is 0 Å². The first-order valence-electron chi connectivity index (χ1n) is 7.89. The summed E-state index contributed by atoms with van der Waals surface area (Å²) in [5, 5.41) is 14.7. The maximum atomic E-state index is 12.2. The summed E-state index contributed by atoms with van der Waals surface area (Å²) in [5.74, 6) is 0.983. The van der Waals surface area contributed by atoms with E-state index in [1.165, 1.54) is 16.6 Å². The summed E-state index contributed by atoms with van der Waals surface area (Å²) < 4.78 is 1.99. The molecule has 0 spiro atoms. The minimum absolute atomic E-state index is 0.120. The Morgan fingerprint density at radius 1 is 1.35 bits per heavy atom. The van der Waals surface area contributed by atoms with Gasteiger partial charge in [0.05, 0.1) is 5.75 Å². The van der Waals surface area contributed by atoms with E-state index in [1.807, 2.05) is 16.0 Å². The highest BCUT2D eigenvalue weighted by Gasteiger charge is 2.14. The van der Waals surface area contributed by atoms with E-state index in [2.05, 4.69) is 28.2 Å². The molecule has 0 aliphatic carbocycles. The molecule has 3 rings (SSSR count). The Kier molecular flexibility index (Phi) is 6.49. The zero-order valence-corrected chi connectivity index (χ0v) is 16.3. The van der Waals surface area contributed by atoms with Gasteiger partial charge < -0.3 is 9.88 Å². The molecule has 0 atom stereocenters. The highest BCUT2D eigenvalue weighted by Crippen LogP contribution is 2.21. The predicted molar refractivity (Wildman–Crippen MR) is 108 cm³/mol. The number of halogens is 1. The standard InChI is InChI=1S/C18H17ClN4OS2/c1-2-8-23-16(11-15-7-4-9-25-15)21-22-18(23)26-12-17(24)20-14-6-3-5-13(19)10-14/h2-7,9-10H,1,8,11-12H2,(H,20,24). The molecule has 0 aliphatic heterocycles. The zero-order chi connectivity index (χ0) is 18.4. The number of hydrogen-bond acceptors (Lipinski definition) is 5. The Morgan fingerprint density at radius 3 is 2.96 bits per heavy atom. The Labute approximate surface area is 165 Å². The molecule has 0 saturated carbocycles. The van der Waals surface area contributed by atoms with E-state index in [-0.39, 0.29) is 11.7 Å². The zero-order valence-electron chi connectivity index (χ0n) is 13.9.